The third kappa shape index (κ3) is 4.18. The molecule has 0 amide bonds. The summed E-state index contributed by atoms with van der Waals surface area (Å²) in [6.07, 6.45) is 8.06. The van der Waals surface area contributed by atoms with Gasteiger partial charge in [-0.1, -0.05) is 36.9 Å². The van der Waals surface area contributed by atoms with Gasteiger partial charge in [-0.25, -0.2) is 0 Å². The van der Waals surface area contributed by atoms with Crippen LogP contribution in [0.3, 0.4) is 0 Å². The van der Waals surface area contributed by atoms with E-state index in [1.54, 1.807) is 0 Å². The highest BCUT2D eigenvalue weighted by atomic mass is 16.1. The molecule has 0 fully saturated rings. The van der Waals surface area contributed by atoms with Crippen LogP contribution in [0.15, 0.2) is 49.2 Å². The van der Waals surface area contributed by atoms with E-state index in [0.717, 1.165) is 24.2 Å². The van der Waals surface area contributed by atoms with E-state index in [1.165, 1.54) is 16.7 Å². The Morgan fingerprint density at radius 1 is 1.24 bits per heavy atom. The second-order valence-corrected chi connectivity index (χ2v) is 7.05. The lowest BCUT2D eigenvalue weighted by Crippen LogP contribution is -2.17. The van der Waals surface area contributed by atoms with Gasteiger partial charge in [0.15, 0.2) is 0 Å². The quantitative estimate of drug-likeness (QED) is 0.818. The van der Waals surface area contributed by atoms with Gasteiger partial charge in [-0.2, -0.15) is 0 Å². The van der Waals surface area contributed by atoms with Crippen molar-refractivity contribution in [1.82, 2.24) is 9.88 Å². The number of hydrogen-bond acceptors (Lipinski definition) is 2. The number of nitrogens with zero attached hydrogens (tertiary/aromatic N) is 1. The maximum absolute atomic E-state index is 12.6. The second kappa shape index (κ2) is 7.66. The summed E-state index contributed by atoms with van der Waals surface area (Å²) >= 11 is 0. The average molecular weight is 334 g/mol. The van der Waals surface area contributed by atoms with Gasteiger partial charge in [0.25, 0.3) is 0 Å². The van der Waals surface area contributed by atoms with E-state index < -0.39 is 0 Å². The monoisotopic (exact) mass is 334 g/mol. The van der Waals surface area contributed by atoms with E-state index in [4.69, 9.17) is 0 Å². The van der Waals surface area contributed by atoms with Crippen molar-refractivity contribution in [3.8, 4) is 0 Å². The lowest BCUT2D eigenvalue weighted by molar-refractivity contribution is -0.121. The highest BCUT2D eigenvalue weighted by molar-refractivity contribution is 5.86. The number of aromatic amines is 1. The predicted molar refractivity (Wildman–Crippen MR) is 104 cm³/mol. The normalized spacial score (nSPS) is 16.0. The number of rotatable bonds is 7. The molecule has 2 aromatic rings. The molecule has 0 spiro atoms. The SMILES string of the molecule is C=C(CCC(=O)C1C=Cc2[nH]ccc2C1)c1ccccc1CN(C)C. The molecular weight excluding hydrogens is 308 g/mol. The van der Waals surface area contributed by atoms with Crippen LogP contribution in [0.1, 0.15) is 35.2 Å². The van der Waals surface area contributed by atoms with Crippen LogP contribution >= 0.6 is 0 Å². The molecule has 0 radical (unpaired) electrons. The molecule has 3 rings (SSSR count). The summed E-state index contributed by atoms with van der Waals surface area (Å²) in [5, 5.41) is 0. The van der Waals surface area contributed by atoms with Crippen molar-refractivity contribution < 1.29 is 4.79 Å². The Hall–Kier alpha value is -2.39. The number of carbonyl (C=O) groups is 1. The summed E-state index contributed by atoms with van der Waals surface area (Å²) in [5.74, 6) is 0.294. The smallest absolute Gasteiger partial charge is 0.140 e. The second-order valence-electron chi connectivity index (χ2n) is 7.05. The predicted octanol–water partition coefficient (Wildman–Crippen LogP) is 4.32. The van der Waals surface area contributed by atoms with Gasteiger partial charge >= 0.3 is 0 Å². The van der Waals surface area contributed by atoms with Crippen molar-refractivity contribution in [2.45, 2.75) is 25.8 Å². The van der Waals surface area contributed by atoms with Crippen LogP contribution in [0.25, 0.3) is 11.6 Å². The highest BCUT2D eigenvalue weighted by Gasteiger charge is 2.21. The zero-order valence-corrected chi connectivity index (χ0v) is 15.1. The van der Waals surface area contributed by atoms with Crippen molar-refractivity contribution in [2.75, 3.05) is 14.1 Å². The molecule has 1 heterocycles. The summed E-state index contributed by atoms with van der Waals surface area (Å²) in [7, 11) is 4.13. The first kappa shape index (κ1) is 17.4. The average Bonchev–Trinajstić information content (AvgIpc) is 3.07. The lowest BCUT2D eigenvalue weighted by atomic mass is 9.87. The van der Waals surface area contributed by atoms with Crippen molar-refractivity contribution in [2.24, 2.45) is 5.92 Å². The molecule has 1 atom stereocenters. The van der Waals surface area contributed by atoms with Gasteiger partial charge in [-0.3, -0.25) is 4.79 Å². The van der Waals surface area contributed by atoms with Crippen LogP contribution in [-0.4, -0.2) is 29.8 Å². The van der Waals surface area contributed by atoms with E-state index in [1.807, 2.05) is 24.4 Å². The van der Waals surface area contributed by atoms with E-state index in [9.17, 15) is 4.79 Å². The number of nitrogens with one attached hydrogen (secondary N) is 1. The van der Waals surface area contributed by atoms with Crippen LogP contribution in [0, 0.1) is 5.92 Å². The Bertz CT molecular complexity index is 798. The summed E-state index contributed by atoms with van der Waals surface area (Å²) in [4.78, 5) is 18.0. The van der Waals surface area contributed by atoms with Gasteiger partial charge in [-0.15, -0.1) is 0 Å². The first-order valence-corrected chi connectivity index (χ1v) is 8.82. The highest BCUT2D eigenvalue weighted by Crippen LogP contribution is 2.27. The molecule has 0 bridgehead atoms. The van der Waals surface area contributed by atoms with Gasteiger partial charge in [0.2, 0.25) is 0 Å². The Morgan fingerprint density at radius 3 is 2.84 bits per heavy atom. The molecule has 1 N–H and O–H groups in total. The third-order valence-corrected chi connectivity index (χ3v) is 4.78. The van der Waals surface area contributed by atoms with Crippen molar-refractivity contribution >= 4 is 17.4 Å². The first-order chi connectivity index (χ1) is 12.0. The first-order valence-electron chi connectivity index (χ1n) is 8.82. The van der Waals surface area contributed by atoms with E-state index in [-0.39, 0.29) is 5.92 Å². The summed E-state index contributed by atoms with van der Waals surface area (Å²) in [6, 6.07) is 10.4. The van der Waals surface area contributed by atoms with Gasteiger partial charge in [0.1, 0.15) is 5.78 Å². The number of Topliss-reactive ketones (excluding diaryl/α,β-unsaturated/α-hetero) is 1. The molecule has 25 heavy (non-hydrogen) atoms. The maximum Gasteiger partial charge on any atom is 0.140 e. The molecule has 0 saturated heterocycles. The minimum atomic E-state index is -0.00637. The molecule has 130 valence electrons. The summed E-state index contributed by atoms with van der Waals surface area (Å²) in [5.41, 5.74) is 5.85. The third-order valence-electron chi connectivity index (χ3n) is 4.78. The van der Waals surface area contributed by atoms with E-state index in [0.29, 0.717) is 18.6 Å². The fourth-order valence-corrected chi connectivity index (χ4v) is 3.42. The molecule has 3 heteroatoms. The van der Waals surface area contributed by atoms with Crippen LogP contribution in [0.4, 0.5) is 0 Å². The summed E-state index contributed by atoms with van der Waals surface area (Å²) in [6.45, 7) is 5.12. The van der Waals surface area contributed by atoms with Crippen LogP contribution < -0.4 is 0 Å². The Balaban J connectivity index is 1.60. The number of hydrogen-bond donors (Lipinski definition) is 1. The van der Waals surface area contributed by atoms with Gasteiger partial charge in [0.05, 0.1) is 0 Å². The number of H-pyrrole nitrogens is 1. The fraction of sp³-hybridized carbons (Fsp3) is 0.318. The van der Waals surface area contributed by atoms with Crippen molar-refractivity contribution in [3.63, 3.8) is 0 Å². The molecule has 3 nitrogen and oxygen atoms in total. The number of allylic oxidation sites excluding steroid dienone is 2. The molecule has 0 saturated carbocycles. The number of carbonyl (C=O) groups excluding carboxylic acids is 1. The number of ketones is 1. The fourth-order valence-electron chi connectivity index (χ4n) is 3.42. The topological polar surface area (TPSA) is 36.1 Å². The Morgan fingerprint density at radius 2 is 2.04 bits per heavy atom. The number of benzene rings is 1. The number of aromatic nitrogens is 1. The molecule has 1 aliphatic rings. The maximum atomic E-state index is 12.6. The van der Waals surface area contributed by atoms with E-state index in [2.05, 4.69) is 54.8 Å². The zero-order chi connectivity index (χ0) is 17.8. The molecule has 1 aromatic heterocycles. The minimum Gasteiger partial charge on any atom is -0.361 e. The van der Waals surface area contributed by atoms with Gasteiger partial charge in [0, 0.05) is 30.8 Å². The van der Waals surface area contributed by atoms with Crippen LogP contribution in [0.2, 0.25) is 0 Å². The van der Waals surface area contributed by atoms with Gasteiger partial charge < -0.3 is 9.88 Å². The Kier molecular flexibility index (Phi) is 5.34. The zero-order valence-electron chi connectivity index (χ0n) is 15.1. The molecule has 1 aliphatic carbocycles. The molecular formula is C22H26N2O. The number of fused-ring (bicyclic) bond motifs is 1. The summed E-state index contributed by atoms with van der Waals surface area (Å²) < 4.78 is 0. The minimum absolute atomic E-state index is 0.00637. The Labute approximate surface area is 150 Å². The molecule has 1 unspecified atom stereocenters. The van der Waals surface area contributed by atoms with E-state index >= 15 is 0 Å². The van der Waals surface area contributed by atoms with Crippen LogP contribution in [0.5, 0.6) is 0 Å². The standard InChI is InChI=1S/C22H26N2O/c1-16(20-7-5-4-6-19(20)15-24(2)3)8-11-22(25)18-9-10-21-17(14-18)12-13-23-21/h4-7,9-10,12-13,18,23H,1,8,11,14-15H2,2-3H3. The van der Waals surface area contributed by atoms with Crippen molar-refractivity contribution in [1.29, 1.82) is 0 Å². The largest absolute Gasteiger partial charge is 0.361 e. The molecule has 1 aromatic carbocycles. The van der Waals surface area contributed by atoms with Crippen molar-refractivity contribution in [3.05, 3.63) is 71.6 Å². The lowest BCUT2D eigenvalue weighted by Gasteiger charge is -2.18. The van der Waals surface area contributed by atoms with Gasteiger partial charge in [-0.05, 0) is 61.3 Å². The van der Waals surface area contributed by atoms with Crippen LogP contribution in [-0.2, 0) is 17.8 Å². The molecule has 0 aliphatic heterocycles.